The maximum absolute atomic E-state index is 11.4. The predicted octanol–water partition coefficient (Wildman–Crippen LogP) is 4.05. The van der Waals surface area contributed by atoms with Gasteiger partial charge in [-0.2, -0.15) is 11.8 Å². The van der Waals surface area contributed by atoms with E-state index in [0.29, 0.717) is 17.9 Å². The van der Waals surface area contributed by atoms with Crippen molar-refractivity contribution in [2.24, 2.45) is 5.92 Å². The number of ether oxygens (including phenoxy) is 1. The Morgan fingerprint density at radius 1 is 1.28 bits per heavy atom. The Labute approximate surface area is 114 Å². The van der Waals surface area contributed by atoms with Gasteiger partial charge in [-0.3, -0.25) is 4.79 Å². The molecule has 0 saturated carbocycles. The quantitative estimate of drug-likeness (QED) is 0.524. The highest BCUT2D eigenvalue weighted by molar-refractivity contribution is 7.99. The van der Waals surface area contributed by atoms with Crippen LogP contribution in [0.2, 0.25) is 0 Å². The highest BCUT2D eigenvalue weighted by Gasteiger charge is 2.06. The fourth-order valence-electron chi connectivity index (χ4n) is 1.52. The van der Waals surface area contributed by atoms with Crippen LogP contribution in [0, 0.1) is 5.92 Å². The van der Waals surface area contributed by atoms with Crippen molar-refractivity contribution in [2.75, 3.05) is 18.1 Å². The zero-order chi connectivity index (χ0) is 13.4. The van der Waals surface area contributed by atoms with Crippen molar-refractivity contribution >= 4 is 17.5 Å². The zero-order valence-corrected chi connectivity index (χ0v) is 12.3. The van der Waals surface area contributed by atoms with Gasteiger partial charge in [0.1, 0.15) is 5.75 Å². The van der Waals surface area contributed by atoms with Crippen LogP contribution in [-0.4, -0.2) is 23.9 Å². The Hall–Kier alpha value is -0.960. The molecule has 1 aromatic carbocycles. The normalized spacial score (nSPS) is 10.7. The summed E-state index contributed by atoms with van der Waals surface area (Å²) in [7, 11) is 0. The van der Waals surface area contributed by atoms with Crippen LogP contribution in [0.15, 0.2) is 24.3 Å². The summed E-state index contributed by atoms with van der Waals surface area (Å²) >= 11 is 1.91. The van der Waals surface area contributed by atoms with Gasteiger partial charge < -0.3 is 4.74 Å². The SMILES string of the molecule is CC(=O)c1ccccc1OCCSCCC(C)C. The molecule has 0 heterocycles. The summed E-state index contributed by atoms with van der Waals surface area (Å²) in [6.07, 6.45) is 1.24. The molecule has 3 heteroatoms. The first-order valence-electron chi connectivity index (χ1n) is 6.41. The topological polar surface area (TPSA) is 26.3 Å². The number of Topliss-reactive ketones (excluding diaryl/α,β-unsaturated/α-hetero) is 1. The summed E-state index contributed by atoms with van der Waals surface area (Å²) in [6, 6.07) is 7.42. The number of ketones is 1. The molecule has 0 aromatic heterocycles. The second kappa shape index (κ2) is 8.20. The van der Waals surface area contributed by atoms with Gasteiger partial charge in [0.15, 0.2) is 5.78 Å². The second-order valence-electron chi connectivity index (χ2n) is 4.70. The van der Waals surface area contributed by atoms with Crippen LogP contribution in [0.4, 0.5) is 0 Å². The fraction of sp³-hybridized carbons (Fsp3) is 0.533. The average molecular weight is 266 g/mol. The third-order valence-electron chi connectivity index (χ3n) is 2.59. The van der Waals surface area contributed by atoms with Crippen LogP contribution >= 0.6 is 11.8 Å². The van der Waals surface area contributed by atoms with E-state index in [4.69, 9.17) is 4.74 Å². The Kier molecular flexibility index (Phi) is 6.88. The first kappa shape index (κ1) is 15.1. The molecule has 0 N–H and O–H groups in total. The predicted molar refractivity (Wildman–Crippen MR) is 78.7 cm³/mol. The van der Waals surface area contributed by atoms with Gasteiger partial charge in [0.25, 0.3) is 0 Å². The van der Waals surface area contributed by atoms with E-state index in [0.717, 1.165) is 11.7 Å². The Bertz CT molecular complexity index is 375. The van der Waals surface area contributed by atoms with Gasteiger partial charge in [0.05, 0.1) is 12.2 Å². The van der Waals surface area contributed by atoms with Gasteiger partial charge in [0.2, 0.25) is 0 Å². The third-order valence-corrected chi connectivity index (χ3v) is 3.57. The van der Waals surface area contributed by atoms with E-state index in [9.17, 15) is 4.79 Å². The molecule has 18 heavy (non-hydrogen) atoms. The fourth-order valence-corrected chi connectivity index (χ4v) is 2.56. The molecule has 0 amide bonds. The minimum absolute atomic E-state index is 0.0538. The molecule has 0 unspecified atom stereocenters. The zero-order valence-electron chi connectivity index (χ0n) is 11.4. The summed E-state index contributed by atoms with van der Waals surface area (Å²) in [5.74, 6) is 3.67. The second-order valence-corrected chi connectivity index (χ2v) is 5.92. The van der Waals surface area contributed by atoms with E-state index >= 15 is 0 Å². The molecule has 0 atom stereocenters. The van der Waals surface area contributed by atoms with Gasteiger partial charge in [-0.05, 0) is 37.1 Å². The molecule has 2 nitrogen and oxygen atoms in total. The molecule has 0 aliphatic carbocycles. The van der Waals surface area contributed by atoms with Gasteiger partial charge >= 0.3 is 0 Å². The lowest BCUT2D eigenvalue weighted by atomic mass is 10.1. The maximum Gasteiger partial charge on any atom is 0.163 e. The molecule has 0 aliphatic heterocycles. The smallest absolute Gasteiger partial charge is 0.163 e. The number of hydrogen-bond acceptors (Lipinski definition) is 3. The molecule has 100 valence electrons. The minimum atomic E-state index is 0.0538. The van der Waals surface area contributed by atoms with E-state index in [1.165, 1.54) is 12.2 Å². The Morgan fingerprint density at radius 3 is 2.67 bits per heavy atom. The largest absolute Gasteiger partial charge is 0.492 e. The molecule has 0 saturated heterocycles. The maximum atomic E-state index is 11.4. The Balaban J connectivity index is 2.29. The highest BCUT2D eigenvalue weighted by atomic mass is 32.2. The minimum Gasteiger partial charge on any atom is -0.492 e. The molecule has 0 aliphatic rings. The van der Waals surface area contributed by atoms with Crippen molar-refractivity contribution in [1.82, 2.24) is 0 Å². The number of hydrogen-bond donors (Lipinski definition) is 0. The van der Waals surface area contributed by atoms with Crippen molar-refractivity contribution in [1.29, 1.82) is 0 Å². The van der Waals surface area contributed by atoms with Gasteiger partial charge in [0, 0.05) is 5.75 Å². The summed E-state index contributed by atoms with van der Waals surface area (Å²) in [6.45, 7) is 6.70. The number of benzene rings is 1. The lowest BCUT2D eigenvalue weighted by Gasteiger charge is -2.09. The van der Waals surface area contributed by atoms with Crippen LogP contribution in [0.3, 0.4) is 0 Å². The molecular formula is C15H22O2S. The molecular weight excluding hydrogens is 244 g/mol. The van der Waals surface area contributed by atoms with Crippen molar-refractivity contribution < 1.29 is 9.53 Å². The van der Waals surface area contributed by atoms with Crippen molar-refractivity contribution in [3.05, 3.63) is 29.8 Å². The van der Waals surface area contributed by atoms with Gasteiger partial charge in [-0.15, -0.1) is 0 Å². The summed E-state index contributed by atoms with van der Waals surface area (Å²) < 4.78 is 5.66. The summed E-state index contributed by atoms with van der Waals surface area (Å²) in [5.41, 5.74) is 0.671. The lowest BCUT2D eigenvalue weighted by Crippen LogP contribution is -2.05. The lowest BCUT2D eigenvalue weighted by molar-refractivity contribution is 0.101. The number of para-hydroxylation sites is 1. The van der Waals surface area contributed by atoms with E-state index in [-0.39, 0.29) is 5.78 Å². The van der Waals surface area contributed by atoms with E-state index in [1.54, 1.807) is 6.92 Å². The van der Waals surface area contributed by atoms with Crippen molar-refractivity contribution in [3.63, 3.8) is 0 Å². The van der Waals surface area contributed by atoms with E-state index in [2.05, 4.69) is 13.8 Å². The van der Waals surface area contributed by atoms with Gasteiger partial charge in [-0.25, -0.2) is 0 Å². The highest BCUT2D eigenvalue weighted by Crippen LogP contribution is 2.18. The summed E-state index contributed by atoms with van der Waals surface area (Å²) in [4.78, 5) is 11.4. The van der Waals surface area contributed by atoms with Crippen LogP contribution in [-0.2, 0) is 0 Å². The van der Waals surface area contributed by atoms with Crippen LogP contribution in [0.25, 0.3) is 0 Å². The van der Waals surface area contributed by atoms with E-state index < -0.39 is 0 Å². The first-order valence-corrected chi connectivity index (χ1v) is 7.57. The monoisotopic (exact) mass is 266 g/mol. The first-order chi connectivity index (χ1) is 8.61. The number of rotatable bonds is 8. The van der Waals surface area contributed by atoms with Crippen LogP contribution in [0.5, 0.6) is 5.75 Å². The van der Waals surface area contributed by atoms with Crippen molar-refractivity contribution in [3.8, 4) is 5.75 Å². The summed E-state index contributed by atoms with van der Waals surface area (Å²) in [5, 5.41) is 0. The number of carbonyl (C=O) groups excluding carboxylic acids is 1. The van der Waals surface area contributed by atoms with E-state index in [1.807, 2.05) is 36.0 Å². The molecule has 0 bridgehead atoms. The molecule has 0 radical (unpaired) electrons. The molecule has 1 aromatic rings. The molecule has 0 spiro atoms. The molecule has 1 rings (SSSR count). The van der Waals surface area contributed by atoms with Crippen LogP contribution < -0.4 is 4.74 Å². The number of thioether (sulfide) groups is 1. The van der Waals surface area contributed by atoms with Gasteiger partial charge in [-0.1, -0.05) is 26.0 Å². The average Bonchev–Trinajstić information content (AvgIpc) is 2.33. The number of carbonyl (C=O) groups is 1. The Morgan fingerprint density at radius 2 is 2.00 bits per heavy atom. The standard InChI is InChI=1S/C15H22O2S/c1-12(2)8-10-18-11-9-17-15-7-5-4-6-14(15)13(3)16/h4-7,12H,8-11H2,1-3H3. The molecule has 0 fully saturated rings. The van der Waals surface area contributed by atoms with Crippen LogP contribution in [0.1, 0.15) is 37.6 Å². The van der Waals surface area contributed by atoms with Crippen molar-refractivity contribution in [2.45, 2.75) is 27.2 Å². The third kappa shape index (κ3) is 5.58.